The molecule has 1 saturated heterocycles. The van der Waals surface area contributed by atoms with Crippen molar-refractivity contribution in [2.45, 2.75) is 19.3 Å². The Balaban J connectivity index is 1.60. The van der Waals surface area contributed by atoms with Crippen LogP contribution in [0.1, 0.15) is 19.3 Å². The molecular weight excluding hydrogens is 307 g/mol. The summed E-state index contributed by atoms with van der Waals surface area (Å²) < 4.78 is 40.7. The zero-order valence-electron chi connectivity index (χ0n) is 12.1. The number of benzene rings is 1. The minimum Gasteiger partial charge on any atom is -0.274 e. The lowest BCUT2D eigenvalue weighted by Crippen LogP contribution is -2.43. The highest BCUT2D eigenvalue weighted by atomic mass is 19.2. The van der Waals surface area contributed by atoms with Gasteiger partial charge >= 0.3 is 0 Å². The van der Waals surface area contributed by atoms with Gasteiger partial charge in [-0.3, -0.25) is 9.59 Å². The van der Waals surface area contributed by atoms with Gasteiger partial charge < -0.3 is 0 Å². The standard InChI is InChI=1S/C17H14F3NO2/c18-10-3-4-11(15(20)14(10)19)21-16(22)12-6-1-2-7(9-5-8(6)9)13(12)17(21)23/h3-4,6-9,12-13H,1-2,5H2/t6-,7+,8+,9-,12-,13+. The lowest BCUT2D eigenvalue weighted by atomic mass is 9.59. The third-order valence-corrected chi connectivity index (χ3v) is 6.40. The number of rotatable bonds is 1. The number of carbonyl (C=O) groups excluding carboxylic acids is 2. The number of hydrogen-bond acceptors (Lipinski definition) is 2. The Kier molecular flexibility index (Phi) is 2.46. The van der Waals surface area contributed by atoms with Gasteiger partial charge in [-0.25, -0.2) is 18.1 Å². The summed E-state index contributed by atoms with van der Waals surface area (Å²) >= 11 is 0. The number of halogens is 3. The van der Waals surface area contributed by atoms with Crippen molar-refractivity contribution in [3.05, 3.63) is 29.6 Å². The van der Waals surface area contributed by atoms with Gasteiger partial charge in [0.15, 0.2) is 17.5 Å². The molecule has 1 aliphatic heterocycles. The summed E-state index contributed by atoms with van der Waals surface area (Å²) in [5, 5.41) is 0. The molecule has 5 aliphatic rings. The van der Waals surface area contributed by atoms with Crippen LogP contribution in [0.4, 0.5) is 18.9 Å². The zero-order chi connectivity index (χ0) is 16.0. The van der Waals surface area contributed by atoms with E-state index < -0.39 is 46.8 Å². The number of anilines is 1. The first-order valence-corrected chi connectivity index (χ1v) is 8.02. The van der Waals surface area contributed by atoms with Crippen LogP contribution in [-0.2, 0) is 9.59 Å². The Morgan fingerprint density at radius 3 is 1.96 bits per heavy atom. The van der Waals surface area contributed by atoms with Gasteiger partial charge in [-0.1, -0.05) is 0 Å². The summed E-state index contributed by atoms with van der Waals surface area (Å²) in [5.41, 5.74) is -0.457. The zero-order valence-corrected chi connectivity index (χ0v) is 12.1. The van der Waals surface area contributed by atoms with E-state index in [1.165, 1.54) is 0 Å². The average molecular weight is 321 g/mol. The fraction of sp³-hybridized carbons (Fsp3) is 0.529. The molecule has 6 rings (SSSR count). The number of amides is 2. The van der Waals surface area contributed by atoms with E-state index in [2.05, 4.69) is 0 Å². The molecule has 1 aromatic carbocycles. The van der Waals surface area contributed by atoms with E-state index in [0.717, 1.165) is 36.3 Å². The normalized spacial score (nSPS) is 40.4. The predicted octanol–water partition coefficient (Wildman–Crippen LogP) is 2.89. The maximum absolute atomic E-state index is 14.1. The van der Waals surface area contributed by atoms with Crippen molar-refractivity contribution in [2.24, 2.45) is 35.5 Å². The quantitative estimate of drug-likeness (QED) is 0.589. The molecule has 5 fully saturated rings. The van der Waals surface area contributed by atoms with Gasteiger partial charge in [-0.05, 0) is 55.1 Å². The molecular formula is C17H14F3NO2. The summed E-state index contributed by atoms with van der Waals surface area (Å²) in [6, 6.07) is 1.73. The fourth-order valence-corrected chi connectivity index (χ4v) is 5.46. The minimum absolute atomic E-state index is 0.185. The topological polar surface area (TPSA) is 37.4 Å². The molecule has 0 N–H and O–H groups in total. The molecule has 120 valence electrons. The second-order valence-corrected chi connectivity index (χ2v) is 7.23. The molecule has 2 bridgehead atoms. The van der Waals surface area contributed by atoms with Crippen LogP contribution in [0.15, 0.2) is 12.1 Å². The number of carbonyl (C=O) groups is 2. The number of hydrogen-bond donors (Lipinski definition) is 0. The molecule has 1 aromatic rings. The summed E-state index contributed by atoms with van der Waals surface area (Å²) in [6.45, 7) is 0. The molecule has 3 nitrogen and oxygen atoms in total. The molecule has 1 heterocycles. The molecule has 0 unspecified atom stereocenters. The molecule has 2 amide bonds. The van der Waals surface area contributed by atoms with Gasteiger partial charge in [-0.15, -0.1) is 0 Å². The van der Waals surface area contributed by atoms with Gasteiger partial charge in [0.1, 0.15) is 0 Å². The Bertz CT molecular complexity index is 730. The highest BCUT2D eigenvalue weighted by molar-refractivity contribution is 6.22. The van der Waals surface area contributed by atoms with Crippen LogP contribution in [0, 0.1) is 53.0 Å². The van der Waals surface area contributed by atoms with Crippen LogP contribution >= 0.6 is 0 Å². The molecule has 0 aromatic heterocycles. The smallest absolute Gasteiger partial charge is 0.238 e. The molecule has 0 spiro atoms. The summed E-state index contributed by atoms with van der Waals surface area (Å²) in [6.07, 6.45) is 2.95. The van der Waals surface area contributed by atoms with Gasteiger partial charge in [-0.2, -0.15) is 0 Å². The van der Waals surface area contributed by atoms with Crippen LogP contribution in [0.25, 0.3) is 0 Å². The Hall–Kier alpha value is -1.85. The summed E-state index contributed by atoms with van der Waals surface area (Å²) in [4.78, 5) is 26.3. The maximum atomic E-state index is 14.1. The van der Waals surface area contributed by atoms with E-state index in [9.17, 15) is 22.8 Å². The van der Waals surface area contributed by atoms with Crippen LogP contribution in [0.5, 0.6) is 0 Å². The largest absolute Gasteiger partial charge is 0.274 e. The summed E-state index contributed by atoms with van der Waals surface area (Å²) in [5.74, 6) is -4.74. The number of nitrogens with zero attached hydrogens (tertiary/aromatic N) is 1. The molecule has 0 radical (unpaired) electrons. The van der Waals surface area contributed by atoms with Crippen LogP contribution < -0.4 is 4.90 Å². The fourth-order valence-electron chi connectivity index (χ4n) is 5.46. The van der Waals surface area contributed by atoms with Crippen molar-refractivity contribution in [3.63, 3.8) is 0 Å². The third kappa shape index (κ3) is 1.52. The van der Waals surface area contributed by atoms with Gasteiger partial charge in [0.2, 0.25) is 11.8 Å². The maximum Gasteiger partial charge on any atom is 0.238 e. The van der Waals surface area contributed by atoms with E-state index >= 15 is 0 Å². The Labute approximate surface area is 130 Å². The SMILES string of the molecule is O=C1[C@@H]2[C@@H]3CC[C@@H]([C@H]4C[C@H]43)[C@@H]2C(=O)N1c1ccc(F)c(F)c1F. The lowest BCUT2D eigenvalue weighted by molar-refractivity contribution is -0.129. The van der Waals surface area contributed by atoms with E-state index in [-0.39, 0.29) is 11.8 Å². The van der Waals surface area contributed by atoms with Crippen molar-refractivity contribution in [3.8, 4) is 0 Å². The van der Waals surface area contributed by atoms with Crippen LogP contribution in [0.2, 0.25) is 0 Å². The van der Waals surface area contributed by atoms with Crippen LogP contribution in [0.3, 0.4) is 0 Å². The minimum atomic E-state index is -1.65. The third-order valence-electron chi connectivity index (χ3n) is 6.40. The van der Waals surface area contributed by atoms with Crippen molar-refractivity contribution >= 4 is 17.5 Å². The molecule has 4 saturated carbocycles. The second-order valence-electron chi connectivity index (χ2n) is 7.23. The van der Waals surface area contributed by atoms with Crippen molar-refractivity contribution in [2.75, 3.05) is 4.90 Å². The van der Waals surface area contributed by atoms with E-state index in [4.69, 9.17) is 0 Å². The highest BCUT2D eigenvalue weighted by Crippen LogP contribution is 2.68. The first-order chi connectivity index (χ1) is 11.0. The molecule has 4 aliphatic carbocycles. The van der Waals surface area contributed by atoms with Crippen molar-refractivity contribution in [1.29, 1.82) is 0 Å². The van der Waals surface area contributed by atoms with Gasteiger partial charge in [0.05, 0.1) is 17.5 Å². The van der Waals surface area contributed by atoms with E-state index in [1.54, 1.807) is 0 Å². The van der Waals surface area contributed by atoms with Crippen molar-refractivity contribution < 1.29 is 22.8 Å². The lowest BCUT2D eigenvalue weighted by Gasteiger charge is -2.42. The molecule has 23 heavy (non-hydrogen) atoms. The van der Waals surface area contributed by atoms with E-state index in [1.807, 2.05) is 0 Å². The first kappa shape index (κ1) is 13.6. The average Bonchev–Trinajstić information content (AvgIpc) is 3.32. The monoisotopic (exact) mass is 321 g/mol. The number of fused-ring (bicyclic) bond motifs is 1. The first-order valence-electron chi connectivity index (χ1n) is 8.02. The van der Waals surface area contributed by atoms with Gasteiger partial charge in [0, 0.05) is 0 Å². The Morgan fingerprint density at radius 1 is 0.826 bits per heavy atom. The second kappa shape index (κ2) is 4.16. The van der Waals surface area contributed by atoms with Crippen molar-refractivity contribution in [1.82, 2.24) is 0 Å². The Morgan fingerprint density at radius 2 is 1.39 bits per heavy atom. The summed E-state index contributed by atoms with van der Waals surface area (Å²) in [7, 11) is 0. The van der Waals surface area contributed by atoms with Crippen LogP contribution in [-0.4, -0.2) is 11.8 Å². The number of imide groups is 1. The predicted molar refractivity (Wildman–Crippen MR) is 73.6 cm³/mol. The molecule has 6 atom stereocenters. The van der Waals surface area contributed by atoms with Gasteiger partial charge in [0.25, 0.3) is 0 Å². The molecule has 6 heteroatoms. The van der Waals surface area contributed by atoms with E-state index in [0.29, 0.717) is 11.8 Å². The highest BCUT2D eigenvalue weighted by Gasteiger charge is 2.68.